The molecule has 2 heterocycles. The Morgan fingerprint density at radius 1 is 1.08 bits per heavy atom. The van der Waals surface area contributed by atoms with Gasteiger partial charge in [-0.25, -0.2) is 9.97 Å². The number of aryl methyl sites for hydroxylation is 3. The monoisotopic (exact) mass is 367 g/mol. The fourth-order valence-corrected chi connectivity index (χ4v) is 3.27. The van der Waals surface area contributed by atoms with E-state index >= 15 is 0 Å². The first-order chi connectivity index (χ1) is 12.6. The number of aromatic nitrogens is 4. The summed E-state index contributed by atoms with van der Waals surface area (Å²) in [5, 5.41) is 12.8. The molecule has 0 saturated carbocycles. The molecule has 0 aliphatic rings. The van der Waals surface area contributed by atoms with Crippen LogP contribution in [0.5, 0.6) is 0 Å². The average Bonchev–Trinajstić information content (AvgIpc) is 3.14. The number of carbonyl (C=O) groups excluding carboxylic acids is 1. The van der Waals surface area contributed by atoms with Gasteiger partial charge in [0.2, 0.25) is 0 Å². The van der Waals surface area contributed by atoms with Gasteiger partial charge in [-0.3, -0.25) is 4.79 Å². The van der Waals surface area contributed by atoms with Gasteiger partial charge in [0.25, 0.3) is 5.91 Å². The van der Waals surface area contributed by atoms with E-state index in [0.717, 1.165) is 45.5 Å². The maximum Gasteiger partial charge on any atom is 0.251 e. The second-order valence-electron chi connectivity index (χ2n) is 5.85. The van der Waals surface area contributed by atoms with Gasteiger partial charge >= 0.3 is 0 Å². The van der Waals surface area contributed by atoms with Crippen molar-refractivity contribution < 1.29 is 4.79 Å². The molecule has 1 aromatic carbocycles. The maximum atomic E-state index is 12.3. The Morgan fingerprint density at radius 2 is 1.81 bits per heavy atom. The van der Waals surface area contributed by atoms with Crippen LogP contribution in [0.15, 0.2) is 30.5 Å². The molecule has 3 rings (SSSR count). The Kier molecular flexibility index (Phi) is 5.68. The summed E-state index contributed by atoms with van der Waals surface area (Å²) in [6, 6.07) is 7.49. The summed E-state index contributed by atoms with van der Waals surface area (Å²) in [4.78, 5) is 21.1. The molecule has 0 aliphatic heterocycles. The van der Waals surface area contributed by atoms with E-state index in [-0.39, 0.29) is 5.91 Å². The summed E-state index contributed by atoms with van der Waals surface area (Å²) in [6.07, 6.45) is 3.58. The second-order valence-corrected chi connectivity index (χ2v) is 6.99. The zero-order chi connectivity index (χ0) is 18.5. The average molecular weight is 367 g/mol. The van der Waals surface area contributed by atoms with E-state index < -0.39 is 0 Å². The number of nitrogens with one attached hydrogen (secondary N) is 1. The molecule has 1 N–H and O–H groups in total. The Bertz CT molecular complexity index is 905. The van der Waals surface area contributed by atoms with E-state index in [9.17, 15) is 4.79 Å². The van der Waals surface area contributed by atoms with E-state index in [2.05, 4.69) is 32.4 Å². The molecular formula is C19H21N5OS. The lowest BCUT2D eigenvalue weighted by Crippen LogP contribution is -2.22. The molecule has 0 unspecified atom stereocenters. The molecule has 2 aromatic heterocycles. The minimum atomic E-state index is -0.126. The van der Waals surface area contributed by atoms with Gasteiger partial charge in [-0.15, -0.1) is 10.2 Å². The minimum absolute atomic E-state index is 0.126. The smallest absolute Gasteiger partial charge is 0.251 e. The van der Waals surface area contributed by atoms with Crippen LogP contribution in [0.2, 0.25) is 0 Å². The third kappa shape index (κ3) is 4.11. The fraction of sp³-hybridized carbons (Fsp3) is 0.316. The van der Waals surface area contributed by atoms with Crippen LogP contribution in [0.1, 0.15) is 45.6 Å². The Hall–Kier alpha value is -2.67. The third-order valence-electron chi connectivity index (χ3n) is 4.00. The number of carbonyl (C=O) groups is 1. The normalized spacial score (nSPS) is 10.7. The van der Waals surface area contributed by atoms with Gasteiger partial charge in [-0.05, 0) is 37.5 Å². The highest BCUT2D eigenvalue weighted by molar-refractivity contribution is 7.11. The summed E-state index contributed by atoms with van der Waals surface area (Å²) >= 11 is 1.52. The molecule has 6 nitrogen and oxygen atoms in total. The molecule has 134 valence electrons. The number of nitrogens with zero attached hydrogens (tertiary/aromatic N) is 4. The van der Waals surface area contributed by atoms with Gasteiger partial charge in [0, 0.05) is 17.3 Å². The maximum absolute atomic E-state index is 12.3. The molecular weight excluding hydrogens is 346 g/mol. The lowest BCUT2D eigenvalue weighted by molar-refractivity contribution is 0.0951. The topological polar surface area (TPSA) is 80.7 Å². The molecule has 26 heavy (non-hydrogen) atoms. The quantitative estimate of drug-likeness (QED) is 0.722. The minimum Gasteiger partial charge on any atom is -0.345 e. The molecule has 0 atom stereocenters. The third-order valence-corrected chi connectivity index (χ3v) is 5.07. The number of benzene rings is 1. The van der Waals surface area contributed by atoms with Gasteiger partial charge in [0.05, 0.1) is 12.2 Å². The van der Waals surface area contributed by atoms with E-state index in [1.165, 1.54) is 11.3 Å². The number of amides is 1. The van der Waals surface area contributed by atoms with Crippen molar-refractivity contribution >= 4 is 17.2 Å². The molecule has 1 amide bonds. The Morgan fingerprint density at radius 3 is 2.46 bits per heavy atom. The molecule has 0 saturated heterocycles. The van der Waals surface area contributed by atoms with Crippen molar-refractivity contribution in [2.24, 2.45) is 0 Å². The summed E-state index contributed by atoms with van der Waals surface area (Å²) < 4.78 is 0. The largest absolute Gasteiger partial charge is 0.345 e. The number of hydrogen-bond acceptors (Lipinski definition) is 6. The van der Waals surface area contributed by atoms with Crippen LogP contribution >= 0.6 is 11.3 Å². The van der Waals surface area contributed by atoms with Crippen LogP contribution < -0.4 is 5.32 Å². The Labute approximate surface area is 156 Å². The first-order valence-corrected chi connectivity index (χ1v) is 9.44. The first kappa shape index (κ1) is 18.1. The van der Waals surface area contributed by atoms with Crippen LogP contribution in [0.25, 0.3) is 11.3 Å². The van der Waals surface area contributed by atoms with Crippen molar-refractivity contribution in [1.29, 1.82) is 0 Å². The van der Waals surface area contributed by atoms with E-state index in [0.29, 0.717) is 12.1 Å². The van der Waals surface area contributed by atoms with Crippen LogP contribution in [-0.2, 0) is 19.4 Å². The lowest BCUT2D eigenvalue weighted by atomic mass is 10.0. The summed E-state index contributed by atoms with van der Waals surface area (Å²) in [5.74, 6) is 0.613. The van der Waals surface area contributed by atoms with Crippen LogP contribution in [0.3, 0.4) is 0 Å². The van der Waals surface area contributed by atoms with Crippen molar-refractivity contribution in [3.8, 4) is 11.3 Å². The standard InChI is InChI=1S/C19H21N5OS/c1-4-13-10-20-12(3)22-18(13)14-6-8-15(9-7-14)19(25)21-11-17-24-23-16(5-2)26-17/h6-10H,4-5,11H2,1-3H3,(H,21,25). The summed E-state index contributed by atoms with van der Waals surface area (Å²) in [7, 11) is 0. The molecule has 0 fully saturated rings. The molecule has 0 bridgehead atoms. The summed E-state index contributed by atoms with van der Waals surface area (Å²) in [5.41, 5.74) is 3.61. The van der Waals surface area contributed by atoms with E-state index in [1.54, 1.807) is 0 Å². The number of rotatable bonds is 6. The molecule has 3 aromatic rings. The summed E-state index contributed by atoms with van der Waals surface area (Å²) in [6.45, 7) is 6.38. The highest BCUT2D eigenvalue weighted by atomic mass is 32.1. The van der Waals surface area contributed by atoms with Crippen molar-refractivity contribution in [2.45, 2.75) is 40.2 Å². The second kappa shape index (κ2) is 8.14. The molecule has 0 aliphatic carbocycles. The molecule has 0 spiro atoms. The van der Waals surface area contributed by atoms with Crippen molar-refractivity contribution in [3.63, 3.8) is 0 Å². The highest BCUT2D eigenvalue weighted by Crippen LogP contribution is 2.22. The zero-order valence-corrected chi connectivity index (χ0v) is 15.9. The predicted octanol–water partition coefficient (Wildman–Crippen LogP) is 3.36. The van der Waals surface area contributed by atoms with Gasteiger partial charge in [0.1, 0.15) is 15.8 Å². The lowest BCUT2D eigenvalue weighted by Gasteiger charge is -2.09. The van der Waals surface area contributed by atoms with Crippen molar-refractivity contribution in [1.82, 2.24) is 25.5 Å². The van der Waals surface area contributed by atoms with Crippen molar-refractivity contribution in [3.05, 3.63) is 57.4 Å². The van der Waals surface area contributed by atoms with Gasteiger partial charge in [-0.2, -0.15) is 0 Å². The van der Waals surface area contributed by atoms with Gasteiger partial charge in [0.15, 0.2) is 0 Å². The van der Waals surface area contributed by atoms with Crippen LogP contribution in [0.4, 0.5) is 0 Å². The fourth-order valence-electron chi connectivity index (χ4n) is 2.54. The first-order valence-electron chi connectivity index (χ1n) is 8.63. The molecule has 7 heteroatoms. The van der Waals surface area contributed by atoms with Crippen LogP contribution in [0, 0.1) is 6.92 Å². The highest BCUT2D eigenvalue weighted by Gasteiger charge is 2.10. The van der Waals surface area contributed by atoms with E-state index in [1.807, 2.05) is 44.3 Å². The van der Waals surface area contributed by atoms with Gasteiger partial charge < -0.3 is 5.32 Å². The molecule has 0 radical (unpaired) electrons. The Balaban J connectivity index is 1.71. The zero-order valence-electron chi connectivity index (χ0n) is 15.1. The SMILES string of the molecule is CCc1nnc(CNC(=O)c2ccc(-c3nc(C)ncc3CC)cc2)s1. The van der Waals surface area contributed by atoms with Gasteiger partial charge in [-0.1, -0.05) is 37.3 Å². The van der Waals surface area contributed by atoms with Crippen LogP contribution in [-0.4, -0.2) is 26.1 Å². The van der Waals surface area contributed by atoms with Crippen molar-refractivity contribution in [2.75, 3.05) is 0 Å². The predicted molar refractivity (Wildman–Crippen MR) is 102 cm³/mol. The van der Waals surface area contributed by atoms with E-state index in [4.69, 9.17) is 0 Å². The number of hydrogen-bond donors (Lipinski definition) is 1.